The predicted octanol–water partition coefficient (Wildman–Crippen LogP) is 14.5. The van der Waals surface area contributed by atoms with Gasteiger partial charge in [-0.05, 0) is 83.5 Å². The normalized spacial score (nSPS) is 13.8. The number of unbranched alkanes of at least 4 members (excludes halogenated alkanes) is 21. The molecule has 0 heterocycles. The molecule has 6 heteroatoms. The fourth-order valence-corrected chi connectivity index (χ4v) is 7.19. The van der Waals surface area contributed by atoms with Gasteiger partial charge < -0.3 is 20.3 Å². The lowest BCUT2D eigenvalue weighted by molar-refractivity contribution is -0.151. The molecular weight excluding hydrogens is 719 g/mol. The Labute approximate surface area is 358 Å². The quantitative estimate of drug-likeness (QED) is 0.0324. The van der Waals surface area contributed by atoms with Crippen LogP contribution in [0.5, 0.6) is 0 Å². The third-order valence-electron chi connectivity index (χ3n) is 10.8. The van der Waals surface area contributed by atoms with E-state index in [-0.39, 0.29) is 24.9 Å². The summed E-state index contributed by atoms with van der Waals surface area (Å²) in [6.45, 7) is 6.24. The van der Waals surface area contributed by atoms with Gasteiger partial charge in [0, 0.05) is 6.42 Å². The Morgan fingerprint density at radius 2 is 0.931 bits per heavy atom. The molecule has 58 heavy (non-hydrogen) atoms. The second-order valence-electron chi connectivity index (χ2n) is 16.4. The number of hydrogen-bond acceptors (Lipinski definition) is 5. The Balaban J connectivity index is 4.62. The smallest absolute Gasteiger partial charge is 0.306 e. The molecule has 0 saturated heterocycles. The zero-order valence-electron chi connectivity index (χ0n) is 38.2. The number of allylic oxidation sites excluding steroid dienone is 10. The highest BCUT2D eigenvalue weighted by Crippen LogP contribution is 2.17. The fourth-order valence-electron chi connectivity index (χ4n) is 7.19. The van der Waals surface area contributed by atoms with Crippen molar-refractivity contribution in [3.8, 4) is 0 Å². The SMILES string of the molecule is CC/C=C/C/C=C/C/C=C/CCCCC(CC(=O)NC(CO)C(O)CCCCCCCCCCCCCCC)OC(=O)CCCCCCCCC/C=C/C/C=C/CC. The van der Waals surface area contributed by atoms with Crippen LogP contribution in [0.2, 0.25) is 0 Å². The Morgan fingerprint density at radius 3 is 1.43 bits per heavy atom. The number of ether oxygens (including phenoxy) is 1. The first kappa shape index (κ1) is 55.6. The molecule has 0 rings (SSSR count). The zero-order chi connectivity index (χ0) is 42.4. The topological polar surface area (TPSA) is 95.9 Å². The number of aliphatic hydroxyl groups is 2. The van der Waals surface area contributed by atoms with Crippen molar-refractivity contribution in [1.82, 2.24) is 5.32 Å². The Morgan fingerprint density at radius 1 is 0.517 bits per heavy atom. The van der Waals surface area contributed by atoms with Gasteiger partial charge in [-0.25, -0.2) is 0 Å². The molecule has 0 bridgehead atoms. The lowest BCUT2D eigenvalue weighted by atomic mass is 10.0. The molecule has 0 aromatic heterocycles. The van der Waals surface area contributed by atoms with Gasteiger partial charge in [0.15, 0.2) is 0 Å². The van der Waals surface area contributed by atoms with Crippen LogP contribution in [-0.4, -0.2) is 46.9 Å². The summed E-state index contributed by atoms with van der Waals surface area (Å²) in [4.78, 5) is 26.1. The van der Waals surface area contributed by atoms with E-state index in [1.165, 1.54) is 89.9 Å². The van der Waals surface area contributed by atoms with Crippen LogP contribution in [-0.2, 0) is 14.3 Å². The molecule has 0 aliphatic heterocycles. The van der Waals surface area contributed by atoms with E-state index >= 15 is 0 Å². The molecule has 0 aliphatic carbocycles. The van der Waals surface area contributed by atoms with Crippen molar-refractivity contribution >= 4 is 11.9 Å². The molecule has 0 saturated carbocycles. The summed E-state index contributed by atoms with van der Waals surface area (Å²) in [5, 5.41) is 23.7. The molecule has 0 radical (unpaired) electrons. The molecule has 0 aliphatic rings. The Hall–Kier alpha value is -2.44. The van der Waals surface area contributed by atoms with E-state index in [0.717, 1.165) is 96.3 Å². The highest BCUT2D eigenvalue weighted by atomic mass is 16.5. The standard InChI is InChI=1S/C52H93NO5/c1-4-7-10-13-16-19-22-25-27-30-33-36-39-42-45-52(57)58-48(43-40-37-34-31-28-24-21-18-15-12-9-6-3)46-51(56)53-49(47-54)50(55)44-41-38-35-32-29-26-23-20-17-14-11-8-5-2/h7,9-10,12,16,18-19,21,28,31,48-50,54-55H,4-6,8,11,13-15,17,20,22-27,29-30,32-47H2,1-3H3,(H,53,56)/b10-7+,12-9+,19-16+,21-18+,31-28+. The van der Waals surface area contributed by atoms with Crippen molar-refractivity contribution in [2.45, 2.75) is 251 Å². The monoisotopic (exact) mass is 812 g/mol. The van der Waals surface area contributed by atoms with Crippen LogP contribution in [0.25, 0.3) is 0 Å². The molecule has 3 atom stereocenters. The maximum atomic E-state index is 13.2. The number of esters is 1. The minimum atomic E-state index is -0.799. The molecular formula is C52H93NO5. The lowest BCUT2D eigenvalue weighted by Gasteiger charge is -2.24. The highest BCUT2D eigenvalue weighted by molar-refractivity contribution is 5.77. The van der Waals surface area contributed by atoms with Crippen LogP contribution < -0.4 is 5.32 Å². The van der Waals surface area contributed by atoms with Gasteiger partial charge in [0.2, 0.25) is 5.91 Å². The minimum absolute atomic E-state index is 0.0471. The summed E-state index contributed by atoms with van der Waals surface area (Å²) >= 11 is 0. The number of aliphatic hydroxyl groups excluding tert-OH is 2. The van der Waals surface area contributed by atoms with E-state index in [1.807, 2.05) is 0 Å². The second kappa shape index (κ2) is 45.6. The number of amides is 1. The van der Waals surface area contributed by atoms with Gasteiger partial charge in [0.1, 0.15) is 6.10 Å². The number of hydrogen-bond donors (Lipinski definition) is 3. The summed E-state index contributed by atoms with van der Waals surface area (Å²) in [6.07, 6.45) is 55.7. The average molecular weight is 812 g/mol. The molecule has 3 N–H and O–H groups in total. The average Bonchev–Trinajstić information content (AvgIpc) is 3.22. The van der Waals surface area contributed by atoms with Crippen molar-refractivity contribution < 1.29 is 24.5 Å². The van der Waals surface area contributed by atoms with Crippen LogP contribution in [0, 0.1) is 0 Å². The summed E-state index contributed by atoms with van der Waals surface area (Å²) in [5.41, 5.74) is 0. The Kier molecular flexibility index (Phi) is 43.7. The number of rotatable bonds is 43. The van der Waals surface area contributed by atoms with E-state index in [1.54, 1.807) is 0 Å². The van der Waals surface area contributed by atoms with Crippen molar-refractivity contribution in [1.29, 1.82) is 0 Å². The molecule has 0 spiro atoms. The molecule has 0 aromatic rings. The third-order valence-corrected chi connectivity index (χ3v) is 10.8. The van der Waals surface area contributed by atoms with E-state index in [0.29, 0.717) is 19.3 Å². The molecule has 0 aromatic carbocycles. The van der Waals surface area contributed by atoms with E-state index in [2.05, 4.69) is 86.8 Å². The van der Waals surface area contributed by atoms with Crippen molar-refractivity contribution in [3.05, 3.63) is 60.8 Å². The van der Waals surface area contributed by atoms with Gasteiger partial charge in [-0.3, -0.25) is 9.59 Å². The summed E-state index contributed by atoms with van der Waals surface area (Å²) in [7, 11) is 0. The zero-order valence-corrected chi connectivity index (χ0v) is 38.2. The van der Waals surface area contributed by atoms with Crippen LogP contribution >= 0.6 is 0 Å². The van der Waals surface area contributed by atoms with Gasteiger partial charge in [0.25, 0.3) is 0 Å². The van der Waals surface area contributed by atoms with Crippen LogP contribution in [0.15, 0.2) is 60.8 Å². The van der Waals surface area contributed by atoms with Crippen molar-refractivity contribution in [2.24, 2.45) is 0 Å². The first-order chi connectivity index (χ1) is 28.5. The first-order valence-corrected chi connectivity index (χ1v) is 24.5. The maximum absolute atomic E-state index is 13.2. The van der Waals surface area contributed by atoms with Gasteiger partial charge in [-0.15, -0.1) is 0 Å². The predicted molar refractivity (Wildman–Crippen MR) is 250 cm³/mol. The van der Waals surface area contributed by atoms with Crippen LogP contribution in [0.1, 0.15) is 233 Å². The molecule has 0 fully saturated rings. The van der Waals surface area contributed by atoms with Crippen molar-refractivity contribution in [2.75, 3.05) is 6.61 Å². The van der Waals surface area contributed by atoms with Crippen LogP contribution in [0.4, 0.5) is 0 Å². The van der Waals surface area contributed by atoms with Crippen LogP contribution in [0.3, 0.4) is 0 Å². The fraction of sp³-hybridized carbons (Fsp3) is 0.769. The largest absolute Gasteiger partial charge is 0.462 e. The van der Waals surface area contributed by atoms with E-state index in [4.69, 9.17) is 4.74 Å². The summed E-state index contributed by atoms with van der Waals surface area (Å²) < 4.78 is 5.90. The molecule has 1 amide bonds. The second-order valence-corrected chi connectivity index (χ2v) is 16.4. The summed E-state index contributed by atoms with van der Waals surface area (Å²) in [6, 6.07) is -0.715. The molecule has 336 valence electrons. The van der Waals surface area contributed by atoms with E-state index < -0.39 is 18.2 Å². The number of nitrogens with one attached hydrogen (secondary N) is 1. The third kappa shape index (κ3) is 40.3. The van der Waals surface area contributed by atoms with Gasteiger partial charge >= 0.3 is 5.97 Å². The molecule has 6 nitrogen and oxygen atoms in total. The first-order valence-electron chi connectivity index (χ1n) is 24.5. The van der Waals surface area contributed by atoms with Gasteiger partial charge in [-0.2, -0.15) is 0 Å². The van der Waals surface area contributed by atoms with Gasteiger partial charge in [0.05, 0.1) is 25.2 Å². The van der Waals surface area contributed by atoms with Crippen molar-refractivity contribution in [3.63, 3.8) is 0 Å². The summed E-state index contributed by atoms with van der Waals surface area (Å²) in [5.74, 6) is -0.523. The van der Waals surface area contributed by atoms with E-state index in [9.17, 15) is 19.8 Å². The maximum Gasteiger partial charge on any atom is 0.306 e. The minimum Gasteiger partial charge on any atom is -0.462 e. The number of carbonyl (C=O) groups is 2. The number of carbonyl (C=O) groups excluding carboxylic acids is 2. The highest BCUT2D eigenvalue weighted by Gasteiger charge is 2.24. The molecule has 3 unspecified atom stereocenters. The van der Waals surface area contributed by atoms with Gasteiger partial charge in [-0.1, -0.05) is 197 Å². The Bertz CT molecular complexity index is 1050. The lowest BCUT2D eigenvalue weighted by Crippen LogP contribution is -2.46.